The number of hydrogen-bond acceptors (Lipinski definition) is 9. The monoisotopic (exact) mass is 592 g/mol. The van der Waals surface area contributed by atoms with Crippen LogP contribution in [0.2, 0.25) is 0 Å². The molecule has 2 amide bonds. The number of amides is 2. The largest absolute Gasteiger partial charge is 0.459 e. The number of aliphatic hydroxyl groups is 2. The molecule has 3 aliphatic rings. The predicted molar refractivity (Wildman–Crippen MR) is 155 cm³/mol. The fourth-order valence-electron chi connectivity index (χ4n) is 5.51. The Morgan fingerprint density at radius 2 is 1.90 bits per heavy atom. The average Bonchev–Trinajstić information content (AvgIpc) is 3.67. The van der Waals surface area contributed by atoms with Crippen molar-refractivity contribution in [1.29, 1.82) is 0 Å². The van der Waals surface area contributed by atoms with Gasteiger partial charge in [-0.2, -0.15) is 0 Å². The smallest absolute Gasteiger partial charge is 0.303 e. The molecule has 236 valence electrons. The Hall–Kier alpha value is -2.57. The van der Waals surface area contributed by atoms with Crippen molar-refractivity contribution in [3.8, 4) is 0 Å². The van der Waals surface area contributed by atoms with Gasteiger partial charge in [0.05, 0.1) is 31.3 Å². The molecule has 0 aromatic heterocycles. The van der Waals surface area contributed by atoms with E-state index in [9.17, 15) is 24.6 Å². The van der Waals surface area contributed by atoms with Crippen LogP contribution in [0.3, 0.4) is 0 Å². The van der Waals surface area contributed by atoms with E-state index < -0.39 is 35.7 Å². The molecule has 11 heteroatoms. The Balaban J connectivity index is 1.53. The van der Waals surface area contributed by atoms with E-state index in [0.717, 1.165) is 18.4 Å². The highest BCUT2D eigenvalue weighted by Gasteiger charge is 2.62. The van der Waals surface area contributed by atoms with Gasteiger partial charge in [-0.25, -0.2) is 0 Å². The summed E-state index contributed by atoms with van der Waals surface area (Å²) in [6.45, 7) is 11.7. The zero-order chi connectivity index (χ0) is 31.1. The normalized spacial score (nSPS) is 35.8. The van der Waals surface area contributed by atoms with E-state index in [-0.39, 0.29) is 48.8 Å². The highest BCUT2D eigenvalue weighted by atomic mass is 16.7. The van der Waals surface area contributed by atoms with Gasteiger partial charge in [-0.05, 0) is 52.0 Å². The number of carbonyl (C=O) groups is 3. The van der Waals surface area contributed by atoms with Gasteiger partial charge in [-0.3, -0.25) is 14.4 Å². The Bertz CT molecular complexity index is 1050. The summed E-state index contributed by atoms with van der Waals surface area (Å²) in [5, 5.41) is 27.7. The average molecular weight is 593 g/mol. The minimum absolute atomic E-state index is 0.0279. The molecule has 9 atom stereocenters. The van der Waals surface area contributed by atoms with E-state index in [0.29, 0.717) is 19.6 Å². The lowest BCUT2D eigenvalue weighted by atomic mass is 9.85. The van der Waals surface area contributed by atoms with Crippen LogP contribution in [-0.2, 0) is 33.3 Å². The lowest BCUT2D eigenvalue weighted by Gasteiger charge is -2.42. The topological polar surface area (TPSA) is 156 Å². The number of nitrogens with one attached hydrogen (secondary N) is 2. The molecule has 3 heterocycles. The van der Waals surface area contributed by atoms with Gasteiger partial charge < -0.3 is 39.8 Å². The third kappa shape index (κ3) is 9.74. The maximum absolute atomic E-state index is 12.4. The molecule has 9 unspecified atom stereocenters. The first-order valence-electron chi connectivity index (χ1n) is 14.9. The summed E-state index contributed by atoms with van der Waals surface area (Å²) in [6, 6.07) is -0.146. The number of epoxide rings is 1. The summed E-state index contributed by atoms with van der Waals surface area (Å²) in [5.41, 5.74) is 0.0198. The zero-order valence-corrected chi connectivity index (χ0v) is 25.6. The van der Waals surface area contributed by atoms with Crippen molar-refractivity contribution < 1.29 is 43.5 Å². The fraction of sp³-hybridized carbons (Fsp3) is 0.710. The van der Waals surface area contributed by atoms with Gasteiger partial charge in [0.15, 0.2) is 5.79 Å². The first-order chi connectivity index (χ1) is 19.8. The van der Waals surface area contributed by atoms with Gasteiger partial charge in [0.25, 0.3) is 0 Å². The minimum atomic E-state index is -1.73. The van der Waals surface area contributed by atoms with E-state index in [1.165, 1.54) is 19.1 Å². The predicted octanol–water partition coefficient (Wildman–Crippen LogP) is 2.21. The van der Waals surface area contributed by atoms with Crippen LogP contribution in [0.15, 0.2) is 36.0 Å². The molecule has 0 aromatic carbocycles. The first kappa shape index (κ1) is 33.9. The quantitative estimate of drug-likeness (QED) is 0.115. The number of rotatable bonds is 12. The lowest BCUT2D eigenvalue weighted by molar-refractivity contribution is -0.282. The maximum atomic E-state index is 12.4. The van der Waals surface area contributed by atoms with Crippen LogP contribution in [0, 0.1) is 5.92 Å². The summed E-state index contributed by atoms with van der Waals surface area (Å²) in [4.78, 5) is 35.7. The van der Waals surface area contributed by atoms with Crippen LogP contribution in [0.5, 0.6) is 0 Å². The molecule has 3 rings (SSSR count). The first-order valence-corrected chi connectivity index (χ1v) is 14.9. The molecular weight excluding hydrogens is 544 g/mol. The highest BCUT2D eigenvalue weighted by Crippen LogP contribution is 2.47. The number of carbonyl (C=O) groups excluding carboxylic acids is 3. The van der Waals surface area contributed by atoms with Crippen LogP contribution in [-0.4, -0.2) is 89.1 Å². The van der Waals surface area contributed by atoms with Crippen molar-refractivity contribution >= 4 is 17.8 Å². The summed E-state index contributed by atoms with van der Waals surface area (Å²) in [6.07, 6.45) is 7.96. The Morgan fingerprint density at radius 3 is 2.55 bits per heavy atom. The second-order valence-corrected chi connectivity index (χ2v) is 12.0. The zero-order valence-electron chi connectivity index (χ0n) is 25.6. The molecular formula is C31H48N2O9. The standard InChI is InChI=1S/C31H48N2O9/c1-7-14-32-28(36)16-31(38)17-30(18-39-30)29(37)26(42-31)12-9-19(2)8-11-25-20(3)15-24(22(5)41-25)33-27(35)13-10-21(4)40-23(6)34/h8-10,12-13,20-22,24-26,29,37-38H,7,11,14-18H2,1-6H3,(H,32,36)(H,33,35). The van der Waals surface area contributed by atoms with Crippen LogP contribution in [0.1, 0.15) is 73.6 Å². The van der Waals surface area contributed by atoms with Crippen molar-refractivity contribution in [1.82, 2.24) is 10.6 Å². The van der Waals surface area contributed by atoms with Crippen LogP contribution < -0.4 is 10.6 Å². The Morgan fingerprint density at radius 1 is 1.19 bits per heavy atom. The summed E-state index contributed by atoms with van der Waals surface area (Å²) >= 11 is 0. The van der Waals surface area contributed by atoms with E-state index in [1.807, 2.05) is 32.9 Å². The van der Waals surface area contributed by atoms with Crippen LogP contribution in [0.4, 0.5) is 0 Å². The molecule has 42 heavy (non-hydrogen) atoms. The molecule has 3 aliphatic heterocycles. The maximum Gasteiger partial charge on any atom is 0.303 e. The number of aliphatic hydroxyl groups excluding tert-OH is 1. The van der Waals surface area contributed by atoms with Crippen molar-refractivity contribution in [2.75, 3.05) is 13.2 Å². The van der Waals surface area contributed by atoms with Crippen LogP contribution in [0.25, 0.3) is 0 Å². The third-order valence-corrected chi connectivity index (χ3v) is 7.94. The molecule has 0 aromatic rings. The number of ether oxygens (including phenoxy) is 4. The van der Waals surface area contributed by atoms with Gasteiger partial charge >= 0.3 is 5.97 Å². The molecule has 0 aliphatic carbocycles. The third-order valence-electron chi connectivity index (χ3n) is 7.94. The fourth-order valence-corrected chi connectivity index (χ4v) is 5.51. The molecule has 11 nitrogen and oxygen atoms in total. The Labute approximate surface area is 248 Å². The van der Waals surface area contributed by atoms with E-state index in [4.69, 9.17) is 18.9 Å². The Kier molecular flexibility index (Phi) is 11.9. The summed E-state index contributed by atoms with van der Waals surface area (Å²) < 4.78 is 22.6. The number of hydrogen-bond donors (Lipinski definition) is 4. The molecule has 0 radical (unpaired) electrons. The van der Waals surface area contributed by atoms with Crippen molar-refractivity contribution in [2.24, 2.45) is 5.92 Å². The SMILES string of the molecule is CCCNC(=O)CC1(O)CC2(CO2)C(O)C(C=CC(C)=CCC2OC(C)C(NC(=O)C=CC(C)OC(C)=O)CC2C)O1. The molecule has 1 spiro atoms. The minimum Gasteiger partial charge on any atom is -0.459 e. The summed E-state index contributed by atoms with van der Waals surface area (Å²) in [7, 11) is 0. The molecule has 0 bridgehead atoms. The van der Waals surface area contributed by atoms with Crippen LogP contribution >= 0.6 is 0 Å². The van der Waals surface area contributed by atoms with E-state index in [1.54, 1.807) is 13.0 Å². The lowest BCUT2D eigenvalue weighted by Crippen LogP contribution is -2.57. The van der Waals surface area contributed by atoms with Gasteiger partial charge in [0.1, 0.15) is 23.9 Å². The second kappa shape index (κ2) is 14.7. The molecule has 3 saturated heterocycles. The molecule has 0 saturated carbocycles. The highest BCUT2D eigenvalue weighted by molar-refractivity contribution is 5.87. The second-order valence-electron chi connectivity index (χ2n) is 12.0. The van der Waals surface area contributed by atoms with Crippen molar-refractivity contribution in [2.45, 2.75) is 122 Å². The van der Waals surface area contributed by atoms with Gasteiger partial charge in [-0.1, -0.05) is 37.6 Å². The van der Waals surface area contributed by atoms with E-state index >= 15 is 0 Å². The van der Waals surface area contributed by atoms with Crippen molar-refractivity contribution in [3.63, 3.8) is 0 Å². The van der Waals surface area contributed by atoms with Crippen molar-refractivity contribution in [3.05, 3.63) is 36.0 Å². The molecule has 4 N–H and O–H groups in total. The summed E-state index contributed by atoms with van der Waals surface area (Å²) in [5.74, 6) is -2.52. The van der Waals surface area contributed by atoms with Gasteiger partial charge in [0.2, 0.25) is 11.8 Å². The molecule has 3 fully saturated rings. The number of allylic oxidation sites excluding steroid dienone is 2. The van der Waals surface area contributed by atoms with Gasteiger partial charge in [-0.15, -0.1) is 0 Å². The van der Waals surface area contributed by atoms with Gasteiger partial charge in [0, 0.05) is 26.0 Å². The van der Waals surface area contributed by atoms with E-state index in [2.05, 4.69) is 17.6 Å². The number of esters is 1.